The summed E-state index contributed by atoms with van der Waals surface area (Å²) in [6, 6.07) is 24.0. The van der Waals surface area contributed by atoms with Crippen molar-refractivity contribution in [2.45, 2.75) is 44.0 Å². The topological polar surface area (TPSA) is 206 Å². The van der Waals surface area contributed by atoms with Gasteiger partial charge in [0.25, 0.3) is 5.56 Å². The molecule has 4 N–H and O–H groups in total. The van der Waals surface area contributed by atoms with Gasteiger partial charge < -0.3 is 38.2 Å². The Balaban J connectivity index is 1.49. The van der Waals surface area contributed by atoms with E-state index in [4.69, 9.17) is 28.2 Å². The summed E-state index contributed by atoms with van der Waals surface area (Å²) in [6.07, 6.45) is -4.41. The Hall–Kier alpha value is -4.93. The number of aromatic nitrogens is 4. The number of hydrogen-bond acceptors (Lipinski definition) is 12. The number of H-pyrrole nitrogens is 1. The second-order valence-electron chi connectivity index (χ2n) is 12.8. The van der Waals surface area contributed by atoms with E-state index < -0.39 is 55.6 Å². The van der Waals surface area contributed by atoms with Gasteiger partial charge >= 0.3 is 7.60 Å². The van der Waals surface area contributed by atoms with Crippen molar-refractivity contribution >= 4 is 30.6 Å². The lowest BCUT2D eigenvalue weighted by Gasteiger charge is -2.40. The fraction of sp³-hybridized carbons (Fsp3) is 0.351. The molecule has 3 aromatic carbocycles. The van der Waals surface area contributed by atoms with Gasteiger partial charge in [-0.25, -0.2) is 4.98 Å². The van der Waals surface area contributed by atoms with Crippen LogP contribution in [0.5, 0.6) is 11.5 Å². The maximum absolute atomic E-state index is 13.1. The number of rotatable bonds is 15. The number of aromatic amines is 1. The number of anilines is 1. The van der Waals surface area contributed by atoms with Crippen LogP contribution in [0, 0.1) is 5.92 Å². The molecule has 1 aliphatic rings. The van der Waals surface area contributed by atoms with E-state index in [9.17, 15) is 24.2 Å². The second-order valence-corrected chi connectivity index (χ2v) is 14.7. The number of benzene rings is 3. The third-order valence-electron chi connectivity index (χ3n) is 9.09. The number of nitrogens with zero attached hydrogens (tertiary/aromatic N) is 3. The summed E-state index contributed by atoms with van der Waals surface area (Å²) < 4.78 is 48.7. The van der Waals surface area contributed by atoms with Crippen LogP contribution in [0.4, 0.5) is 5.95 Å². The highest BCUT2D eigenvalue weighted by atomic mass is 31.2. The number of carbonyl (C=O) groups is 1. The zero-order chi connectivity index (χ0) is 38.6. The molecule has 54 heavy (non-hydrogen) atoms. The third-order valence-corrected chi connectivity index (χ3v) is 10.2. The Morgan fingerprint density at radius 2 is 1.57 bits per heavy atom. The first-order valence-electron chi connectivity index (χ1n) is 17.0. The summed E-state index contributed by atoms with van der Waals surface area (Å²) in [5, 5.41) is 14.9. The molecule has 1 fully saturated rings. The third kappa shape index (κ3) is 7.81. The minimum Gasteiger partial charge on any atom is -0.497 e. The summed E-state index contributed by atoms with van der Waals surface area (Å²) in [4.78, 5) is 46.8. The van der Waals surface area contributed by atoms with Crippen molar-refractivity contribution in [3.8, 4) is 11.5 Å². The van der Waals surface area contributed by atoms with Crippen molar-refractivity contribution in [1.82, 2.24) is 19.5 Å². The first-order chi connectivity index (χ1) is 25.9. The van der Waals surface area contributed by atoms with E-state index >= 15 is 0 Å². The summed E-state index contributed by atoms with van der Waals surface area (Å²) in [5.41, 5.74) is -0.0633. The Labute approximate surface area is 310 Å². The largest absolute Gasteiger partial charge is 0.497 e. The number of fused-ring (bicyclic) bond motifs is 1. The maximum Gasteiger partial charge on any atom is 0.353 e. The van der Waals surface area contributed by atoms with E-state index in [0.29, 0.717) is 28.2 Å². The first kappa shape index (κ1) is 38.8. The molecule has 0 spiro atoms. The van der Waals surface area contributed by atoms with Gasteiger partial charge in [0.15, 0.2) is 17.4 Å². The average Bonchev–Trinajstić information content (AvgIpc) is 3.74. The molecule has 286 valence electrons. The van der Waals surface area contributed by atoms with Gasteiger partial charge in [0, 0.05) is 13.0 Å². The number of nitrogens with one attached hydrogen (secondary N) is 2. The van der Waals surface area contributed by atoms with Crippen LogP contribution in [-0.4, -0.2) is 88.0 Å². The van der Waals surface area contributed by atoms with Gasteiger partial charge in [-0.05, 0) is 41.0 Å². The molecule has 1 unspecified atom stereocenters. The van der Waals surface area contributed by atoms with Crippen molar-refractivity contribution in [2.24, 2.45) is 5.92 Å². The van der Waals surface area contributed by atoms with Gasteiger partial charge in [0.05, 0.1) is 27.2 Å². The minimum absolute atomic E-state index is 0.0149. The van der Waals surface area contributed by atoms with E-state index in [1.165, 1.54) is 10.9 Å². The van der Waals surface area contributed by atoms with Crippen LogP contribution >= 0.6 is 7.60 Å². The summed E-state index contributed by atoms with van der Waals surface area (Å²) >= 11 is 0. The monoisotopic (exact) mass is 763 g/mol. The molecule has 0 radical (unpaired) electrons. The van der Waals surface area contributed by atoms with Crippen molar-refractivity contribution in [3.63, 3.8) is 0 Å². The molecule has 17 heteroatoms. The van der Waals surface area contributed by atoms with Crippen molar-refractivity contribution in [3.05, 3.63) is 112 Å². The smallest absolute Gasteiger partial charge is 0.353 e. The summed E-state index contributed by atoms with van der Waals surface area (Å²) in [5.74, 6) is 0.321. The van der Waals surface area contributed by atoms with Crippen LogP contribution in [-0.2, 0) is 33.7 Å². The van der Waals surface area contributed by atoms with Gasteiger partial charge in [-0.3, -0.25) is 29.0 Å². The molecule has 1 amide bonds. The average molecular weight is 764 g/mol. The number of aliphatic hydroxyl groups is 1. The molecule has 5 aromatic rings. The molecule has 0 aliphatic carbocycles. The summed E-state index contributed by atoms with van der Waals surface area (Å²) in [7, 11) is 0.129. The van der Waals surface area contributed by atoms with Gasteiger partial charge in [0.2, 0.25) is 11.9 Å². The zero-order valence-electron chi connectivity index (χ0n) is 30.2. The molecule has 1 aliphatic heterocycles. The molecular formula is C37H42N5O11P. The molecule has 0 saturated carbocycles. The van der Waals surface area contributed by atoms with Gasteiger partial charge in [-0.2, -0.15) is 4.98 Å². The number of carbonyl (C=O) groups excluding carboxylic acids is 1. The second kappa shape index (κ2) is 16.2. The normalized spacial score (nSPS) is 19.9. The van der Waals surface area contributed by atoms with Crippen molar-refractivity contribution in [2.75, 3.05) is 39.6 Å². The molecular weight excluding hydrogens is 721 g/mol. The lowest BCUT2D eigenvalue weighted by Crippen LogP contribution is -2.45. The summed E-state index contributed by atoms with van der Waals surface area (Å²) in [6.45, 7) is 3.06. The van der Waals surface area contributed by atoms with E-state index in [-0.39, 0.29) is 29.6 Å². The SMILES string of the molecule is COc1ccc(C(O[C@H]2[C@@H](O)[C@H](n3cnc4c(=O)[nH]c(NC(=O)C(C)C)nc43)O[C@@H]2COCP(=O)(O)OC)(c2ccccc2)c2ccc(OC)cc2)cc1. The van der Waals surface area contributed by atoms with Crippen LogP contribution < -0.4 is 20.3 Å². The Kier molecular flexibility index (Phi) is 11.6. The number of imidazole rings is 1. The van der Waals surface area contributed by atoms with Crippen LogP contribution in [0.15, 0.2) is 90.0 Å². The van der Waals surface area contributed by atoms with E-state index in [1.54, 1.807) is 52.3 Å². The highest BCUT2D eigenvalue weighted by molar-refractivity contribution is 7.52. The van der Waals surface area contributed by atoms with Crippen molar-refractivity contribution in [1.29, 1.82) is 0 Å². The fourth-order valence-corrected chi connectivity index (χ4v) is 6.67. The van der Waals surface area contributed by atoms with Gasteiger partial charge in [-0.15, -0.1) is 0 Å². The molecule has 2 aromatic heterocycles. The number of hydrogen-bond donors (Lipinski definition) is 4. The van der Waals surface area contributed by atoms with Crippen LogP contribution in [0.25, 0.3) is 11.2 Å². The molecule has 0 bridgehead atoms. The van der Waals surface area contributed by atoms with Gasteiger partial charge in [-0.1, -0.05) is 68.4 Å². The Morgan fingerprint density at radius 3 is 2.13 bits per heavy atom. The zero-order valence-corrected chi connectivity index (χ0v) is 31.1. The number of methoxy groups -OCH3 is 2. The molecule has 6 rings (SSSR count). The van der Waals surface area contributed by atoms with E-state index in [2.05, 4.69) is 20.3 Å². The Bertz CT molecular complexity index is 2110. The highest BCUT2D eigenvalue weighted by Crippen LogP contribution is 2.46. The lowest BCUT2D eigenvalue weighted by atomic mass is 9.79. The predicted molar refractivity (Wildman–Crippen MR) is 196 cm³/mol. The molecule has 5 atom stereocenters. The predicted octanol–water partition coefficient (Wildman–Crippen LogP) is 4.17. The Morgan fingerprint density at radius 1 is 0.981 bits per heavy atom. The highest BCUT2D eigenvalue weighted by Gasteiger charge is 2.51. The molecule has 3 heterocycles. The molecule has 16 nitrogen and oxygen atoms in total. The number of ether oxygens (including phenoxy) is 5. The van der Waals surface area contributed by atoms with E-state index in [0.717, 1.165) is 7.11 Å². The van der Waals surface area contributed by atoms with E-state index in [1.807, 2.05) is 54.6 Å². The molecule has 1 saturated heterocycles. The lowest BCUT2D eigenvalue weighted by molar-refractivity contribution is -0.118. The maximum atomic E-state index is 13.1. The van der Waals surface area contributed by atoms with Crippen molar-refractivity contribution < 1.29 is 47.6 Å². The minimum atomic E-state index is -4.09. The number of amides is 1. The van der Waals surface area contributed by atoms with Crippen LogP contribution in [0.3, 0.4) is 0 Å². The first-order valence-corrected chi connectivity index (χ1v) is 18.8. The standard InChI is InChI=1S/C37H42N5O11P/c1-22(2)33(44)40-36-39-32-29(34(45)41-36)38-20-42(32)35-30(43)31(28(52-35)19-51-21-54(46,47)50-5)53-37(23-9-7-6-8-10-23,24-11-15-26(48-3)16-12-24)25-13-17-27(49-4)18-14-25/h6-18,20,22,28,30-31,35,43H,19,21H2,1-5H3,(H,46,47)(H2,39,40,41,44,45)/t28-,30-,31-,35-/m1/s1. The number of aliphatic hydroxyl groups excluding tert-OH is 1. The van der Waals surface area contributed by atoms with Crippen LogP contribution in [0.2, 0.25) is 0 Å². The fourth-order valence-electron chi connectivity index (χ4n) is 6.23. The van der Waals surface area contributed by atoms with Crippen LogP contribution in [0.1, 0.15) is 36.8 Å². The van der Waals surface area contributed by atoms with Gasteiger partial charge in [0.1, 0.15) is 41.8 Å². The quantitative estimate of drug-likeness (QED) is 0.0874.